The van der Waals surface area contributed by atoms with Crippen LogP contribution in [0.4, 0.5) is 0 Å². The van der Waals surface area contributed by atoms with Crippen LogP contribution in [0.25, 0.3) is 11.4 Å². The van der Waals surface area contributed by atoms with Gasteiger partial charge in [0.2, 0.25) is 5.16 Å². The molecule has 0 atom stereocenters. The predicted octanol–water partition coefficient (Wildman–Crippen LogP) is 5.17. The van der Waals surface area contributed by atoms with Crippen LogP contribution < -0.4 is 5.84 Å². The van der Waals surface area contributed by atoms with E-state index in [2.05, 4.69) is 76.0 Å². The van der Waals surface area contributed by atoms with Crippen molar-refractivity contribution in [3.8, 4) is 11.4 Å². The Hall–Kier alpha value is -2.27. The molecule has 0 aliphatic heterocycles. The Kier molecular flexibility index (Phi) is 5.33. The number of aryl methyl sites for hydroxylation is 3. The third-order valence-electron chi connectivity index (χ3n) is 4.88. The van der Waals surface area contributed by atoms with Gasteiger partial charge in [-0.15, -0.1) is 10.2 Å². The lowest BCUT2D eigenvalue weighted by Crippen LogP contribution is -2.13. The Morgan fingerprint density at radius 3 is 2.11 bits per heavy atom. The SMILES string of the molecule is Cc1ccc(-c2nnc(SCc3c(C)cc(C(C)(C)C)cc3C)n2N)cc1. The molecule has 1 heterocycles. The molecule has 0 radical (unpaired) electrons. The first-order valence-corrected chi connectivity index (χ1v) is 10.2. The van der Waals surface area contributed by atoms with Crippen LogP contribution in [-0.2, 0) is 11.2 Å². The van der Waals surface area contributed by atoms with Crippen LogP contribution in [0.5, 0.6) is 0 Å². The van der Waals surface area contributed by atoms with Crippen molar-refractivity contribution in [1.82, 2.24) is 14.9 Å². The van der Waals surface area contributed by atoms with Crippen molar-refractivity contribution in [3.63, 3.8) is 0 Å². The highest BCUT2D eigenvalue weighted by Gasteiger charge is 2.17. The third-order valence-corrected chi connectivity index (χ3v) is 5.85. The predicted molar refractivity (Wildman–Crippen MR) is 115 cm³/mol. The van der Waals surface area contributed by atoms with Crippen LogP contribution in [0.2, 0.25) is 0 Å². The van der Waals surface area contributed by atoms with Crippen LogP contribution in [0.1, 0.15) is 48.6 Å². The molecule has 0 fully saturated rings. The van der Waals surface area contributed by atoms with Gasteiger partial charge in [-0.05, 0) is 48.4 Å². The summed E-state index contributed by atoms with van der Waals surface area (Å²) < 4.78 is 1.59. The maximum Gasteiger partial charge on any atom is 0.210 e. The molecule has 5 heteroatoms. The van der Waals surface area contributed by atoms with Crippen molar-refractivity contribution in [2.24, 2.45) is 0 Å². The Morgan fingerprint density at radius 1 is 0.963 bits per heavy atom. The van der Waals surface area contributed by atoms with E-state index >= 15 is 0 Å². The first-order chi connectivity index (χ1) is 12.7. The zero-order valence-electron chi connectivity index (χ0n) is 17.0. The lowest BCUT2D eigenvalue weighted by atomic mass is 9.84. The van der Waals surface area contributed by atoms with Gasteiger partial charge in [-0.2, -0.15) is 0 Å². The summed E-state index contributed by atoms with van der Waals surface area (Å²) in [5.41, 5.74) is 7.68. The van der Waals surface area contributed by atoms with E-state index < -0.39 is 0 Å². The van der Waals surface area contributed by atoms with Crippen molar-refractivity contribution in [1.29, 1.82) is 0 Å². The standard InChI is InChI=1S/C22H28N4S/c1-14-7-9-17(10-8-14)20-24-25-21(26(20)23)27-13-19-15(2)11-18(12-16(19)3)22(4,5)6/h7-12H,13,23H2,1-6H3. The van der Waals surface area contributed by atoms with Gasteiger partial charge in [-0.3, -0.25) is 0 Å². The number of nitrogens with zero attached hydrogens (tertiary/aromatic N) is 3. The van der Waals surface area contributed by atoms with E-state index in [0.717, 1.165) is 16.5 Å². The van der Waals surface area contributed by atoms with E-state index in [9.17, 15) is 0 Å². The first kappa shape index (κ1) is 19.5. The minimum atomic E-state index is 0.154. The molecule has 3 aromatic rings. The van der Waals surface area contributed by atoms with E-state index in [0.29, 0.717) is 5.82 Å². The van der Waals surface area contributed by atoms with Crippen LogP contribution >= 0.6 is 11.8 Å². The average Bonchev–Trinajstić information content (AvgIpc) is 2.95. The molecule has 142 valence electrons. The van der Waals surface area contributed by atoms with Crippen molar-refractivity contribution in [2.45, 2.75) is 57.9 Å². The van der Waals surface area contributed by atoms with Gasteiger partial charge in [0, 0.05) is 11.3 Å². The molecule has 0 unspecified atom stereocenters. The summed E-state index contributed by atoms with van der Waals surface area (Å²) >= 11 is 1.62. The van der Waals surface area contributed by atoms with Gasteiger partial charge < -0.3 is 5.84 Å². The second kappa shape index (κ2) is 7.39. The van der Waals surface area contributed by atoms with Crippen LogP contribution in [0.15, 0.2) is 41.6 Å². The fourth-order valence-corrected chi connectivity index (χ4v) is 4.12. The molecule has 3 rings (SSSR count). The highest BCUT2D eigenvalue weighted by molar-refractivity contribution is 7.98. The second-order valence-corrected chi connectivity index (χ2v) is 9.11. The third kappa shape index (κ3) is 4.19. The second-order valence-electron chi connectivity index (χ2n) is 8.17. The largest absolute Gasteiger partial charge is 0.335 e. The summed E-state index contributed by atoms with van der Waals surface area (Å²) in [4.78, 5) is 0. The van der Waals surface area contributed by atoms with Gasteiger partial charge in [-0.25, -0.2) is 4.68 Å². The van der Waals surface area contributed by atoms with Crippen LogP contribution in [-0.4, -0.2) is 14.9 Å². The minimum absolute atomic E-state index is 0.154. The van der Waals surface area contributed by atoms with E-state index in [-0.39, 0.29) is 5.41 Å². The fraction of sp³-hybridized carbons (Fsp3) is 0.364. The Morgan fingerprint density at radius 2 is 1.56 bits per heavy atom. The molecule has 0 spiro atoms. The molecule has 2 N–H and O–H groups in total. The summed E-state index contributed by atoms with van der Waals surface area (Å²) in [6.07, 6.45) is 0. The smallest absolute Gasteiger partial charge is 0.210 e. The number of rotatable bonds is 4. The zero-order valence-corrected chi connectivity index (χ0v) is 17.8. The molecule has 0 saturated heterocycles. The van der Waals surface area contributed by atoms with Crippen molar-refractivity contribution >= 4 is 11.8 Å². The van der Waals surface area contributed by atoms with Gasteiger partial charge in [0.1, 0.15) is 0 Å². The topological polar surface area (TPSA) is 56.7 Å². The number of benzene rings is 2. The number of nitrogen functional groups attached to an aromatic ring is 1. The lowest BCUT2D eigenvalue weighted by Gasteiger charge is -2.22. The summed E-state index contributed by atoms with van der Waals surface area (Å²) in [6, 6.07) is 12.8. The van der Waals surface area contributed by atoms with Crippen molar-refractivity contribution in [3.05, 3.63) is 64.2 Å². The van der Waals surface area contributed by atoms with Crippen LogP contribution in [0, 0.1) is 20.8 Å². The fourth-order valence-electron chi connectivity index (χ4n) is 3.07. The highest BCUT2D eigenvalue weighted by atomic mass is 32.2. The summed E-state index contributed by atoms with van der Waals surface area (Å²) in [7, 11) is 0. The number of hydrogen-bond acceptors (Lipinski definition) is 4. The molecule has 2 aromatic carbocycles. The zero-order chi connectivity index (χ0) is 19.8. The molecule has 0 aliphatic rings. The van der Waals surface area contributed by atoms with Gasteiger partial charge >= 0.3 is 0 Å². The first-order valence-electron chi connectivity index (χ1n) is 9.18. The maximum atomic E-state index is 6.27. The number of thioether (sulfide) groups is 1. The molecule has 4 nitrogen and oxygen atoms in total. The van der Waals surface area contributed by atoms with Crippen molar-refractivity contribution in [2.75, 3.05) is 5.84 Å². The molecular weight excluding hydrogens is 352 g/mol. The summed E-state index contributed by atoms with van der Waals surface area (Å²) in [5, 5.41) is 9.31. The summed E-state index contributed by atoms with van der Waals surface area (Å²) in [5.74, 6) is 7.78. The quantitative estimate of drug-likeness (QED) is 0.501. The van der Waals surface area contributed by atoms with Gasteiger partial charge in [0.15, 0.2) is 5.82 Å². The highest BCUT2D eigenvalue weighted by Crippen LogP contribution is 2.31. The monoisotopic (exact) mass is 380 g/mol. The molecule has 1 aromatic heterocycles. The van der Waals surface area contributed by atoms with Crippen LogP contribution in [0.3, 0.4) is 0 Å². The van der Waals surface area contributed by atoms with E-state index in [4.69, 9.17) is 5.84 Å². The summed E-state index contributed by atoms with van der Waals surface area (Å²) in [6.45, 7) is 13.2. The maximum absolute atomic E-state index is 6.27. The van der Waals surface area contributed by atoms with Gasteiger partial charge in [0.25, 0.3) is 0 Å². The molecule has 0 amide bonds. The van der Waals surface area contributed by atoms with Gasteiger partial charge in [-0.1, -0.05) is 74.5 Å². The van der Waals surface area contributed by atoms with E-state index in [1.54, 1.807) is 16.4 Å². The molecule has 0 saturated carbocycles. The van der Waals surface area contributed by atoms with Gasteiger partial charge in [0.05, 0.1) is 0 Å². The molecule has 27 heavy (non-hydrogen) atoms. The van der Waals surface area contributed by atoms with E-state index in [1.807, 2.05) is 12.1 Å². The van der Waals surface area contributed by atoms with Crippen molar-refractivity contribution < 1.29 is 0 Å². The molecule has 0 bridgehead atoms. The Balaban J connectivity index is 1.81. The number of nitrogens with two attached hydrogens (primary N) is 1. The molecule has 0 aliphatic carbocycles. The lowest BCUT2D eigenvalue weighted by molar-refractivity contribution is 0.589. The molecular formula is C22H28N4S. The Bertz CT molecular complexity index is 926. The minimum Gasteiger partial charge on any atom is -0.335 e. The van der Waals surface area contributed by atoms with E-state index in [1.165, 1.54) is 27.8 Å². The average molecular weight is 381 g/mol. The number of hydrogen-bond donors (Lipinski definition) is 1. The normalized spacial score (nSPS) is 11.8. The Labute approximate surface area is 166 Å². The number of aromatic nitrogens is 3.